The fourth-order valence-electron chi connectivity index (χ4n) is 5.83. The predicted molar refractivity (Wildman–Crippen MR) is 170 cm³/mol. The van der Waals surface area contributed by atoms with E-state index >= 15 is 0 Å². The molecule has 1 amide bonds. The van der Waals surface area contributed by atoms with Crippen molar-refractivity contribution in [3.05, 3.63) is 76.0 Å². The Balaban J connectivity index is 1.84. The molecule has 0 N–H and O–H groups in total. The van der Waals surface area contributed by atoms with E-state index in [-0.39, 0.29) is 29.8 Å². The predicted octanol–water partition coefficient (Wildman–Crippen LogP) is 5.45. The Morgan fingerprint density at radius 2 is 1.79 bits per heavy atom. The second kappa shape index (κ2) is 11.8. The fraction of sp³-hybridized carbons (Fsp3) is 0.406. The second-order valence-corrected chi connectivity index (χ2v) is 12.2. The van der Waals surface area contributed by atoms with Crippen molar-refractivity contribution in [2.45, 2.75) is 72.4 Å². The molecule has 5 heterocycles. The molecule has 11 heteroatoms. The molecular weight excluding hydrogens is 564 g/mol. The molecule has 0 spiro atoms. The number of piperazine rings is 1. The highest BCUT2D eigenvalue weighted by Gasteiger charge is 2.34. The summed E-state index contributed by atoms with van der Waals surface area (Å²) >= 11 is 7.00. The highest BCUT2D eigenvalue weighted by Crippen LogP contribution is 2.37. The van der Waals surface area contributed by atoms with Crippen LogP contribution in [0, 0.1) is 6.92 Å². The standard InChI is InChI=1S/C32H37ClN8O2/c1-9-25(42)39-14-21(8)40(15-20(39)7)30-22-12-24(33)28(23-13-34-16-36-26(23)17(2)3)37-31(22)41(32(43)38-30)29-19(6)10-11-35-27(29)18(4)5/h9-13,16-18,20-21H,1,14-15H2,2-8H3/t20-,21+/m1/s1. The summed E-state index contributed by atoms with van der Waals surface area (Å²) in [6.45, 7) is 18.7. The Hall–Kier alpha value is -4.18. The van der Waals surface area contributed by atoms with Crippen LogP contribution in [0.4, 0.5) is 5.82 Å². The van der Waals surface area contributed by atoms with Gasteiger partial charge in [0.25, 0.3) is 0 Å². The van der Waals surface area contributed by atoms with Crippen LogP contribution in [0.25, 0.3) is 28.0 Å². The van der Waals surface area contributed by atoms with Crippen molar-refractivity contribution in [3.8, 4) is 16.9 Å². The molecule has 4 aromatic heterocycles. The van der Waals surface area contributed by atoms with Crippen LogP contribution >= 0.6 is 11.6 Å². The average Bonchev–Trinajstić information content (AvgIpc) is 2.97. The number of hydrogen-bond acceptors (Lipinski definition) is 8. The third-order valence-electron chi connectivity index (χ3n) is 7.99. The molecule has 5 rings (SSSR count). The number of amides is 1. The van der Waals surface area contributed by atoms with E-state index in [4.69, 9.17) is 16.6 Å². The zero-order valence-corrected chi connectivity index (χ0v) is 26.4. The van der Waals surface area contributed by atoms with Gasteiger partial charge in [0, 0.05) is 43.1 Å². The first kappa shape index (κ1) is 30.3. The van der Waals surface area contributed by atoms with Gasteiger partial charge in [-0.05, 0) is 56.4 Å². The Morgan fingerprint density at radius 1 is 1.07 bits per heavy atom. The summed E-state index contributed by atoms with van der Waals surface area (Å²) in [5.41, 5.74) is 4.22. The first-order chi connectivity index (χ1) is 20.4. The summed E-state index contributed by atoms with van der Waals surface area (Å²) in [5.74, 6) is 0.477. The number of anilines is 1. The molecule has 224 valence electrons. The highest BCUT2D eigenvalue weighted by molar-refractivity contribution is 6.34. The lowest BCUT2D eigenvalue weighted by Gasteiger charge is -2.44. The number of nitrogens with zero attached hydrogens (tertiary/aromatic N) is 8. The van der Waals surface area contributed by atoms with Crippen LogP contribution in [0.2, 0.25) is 5.02 Å². The van der Waals surface area contributed by atoms with Gasteiger partial charge in [-0.25, -0.2) is 24.3 Å². The minimum absolute atomic E-state index is 0.0368. The van der Waals surface area contributed by atoms with Gasteiger partial charge in [-0.2, -0.15) is 4.98 Å². The van der Waals surface area contributed by atoms with Gasteiger partial charge in [0.2, 0.25) is 5.91 Å². The van der Waals surface area contributed by atoms with E-state index < -0.39 is 5.69 Å². The molecule has 1 saturated heterocycles. The number of halogens is 1. The highest BCUT2D eigenvalue weighted by atomic mass is 35.5. The summed E-state index contributed by atoms with van der Waals surface area (Å²) in [5, 5.41) is 1.02. The monoisotopic (exact) mass is 600 g/mol. The number of pyridine rings is 2. The van der Waals surface area contributed by atoms with E-state index in [1.54, 1.807) is 21.9 Å². The molecule has 0 aromatic carbocycles. The van der Waals surface area contributed by atoms with E-state index in [0.29, 0.717) is 51.9 Å². The van der Waals surface area contributed by atoms with E-state index in [9.17, 15) is 9.59 Å². The van der Waals surface area contributed by atoms with Crippen LogP contribution in [0.5, 0.6) is 0 Å². The van der Waals surface area contributed by atoms with Crippen LogP contribution in [0.15, 0.2) is 48.3 Å². The zero-order valence-electron chi connectivity index (χ0n) is 25.7. The molecule has 0 saturated carbocycles. The lowest BCUT2D eigenvalue weighted by molar-refractivity contribution is -0.128. The Bertz CT molecular complexity index is 1780. The van der Waals surface area contributed by atoms with Gasteiger partial charge in [-0.15, -0.1) is 0 Å². The van der Waals surface area contributed by atoms with Gasteiger partial charge in [-0.3, -0.25) is 9.78 Å². The van der Waals surface area contributed by atoms with Gasteiger partial charge < -0.3 is 9.80 Å². The Kier molecular flexibility index (Phi) is 8.34. The van der Waals surface area contributed by atoms with Crippen molar-refractivity contribution < 1.29 is 4.79 Å². The number of carbonyl (C=O) groups excluding carboxylic acids is 1. The van der Waals surface area contributed by atoms with Crippen LogP contribution in [-0.2, 0) is 4.79 Å². The van der Waals surface area contributed by atoms with E-state index in [0.717, 1.165) is 17.0 Å². The summed E-state index contributed by atoms with van der Waals surface area (Å²) in [4.78, 5) is 53.7. The van der Waals surface area contributed by atoms with Gasteiger partial charge in [0.05, 0.1) is 33.2 Å². The number of carbonyl (C=O) groups is 1. The SMILES string of the molecule is C=CC(=O)N1C[C@H](C)N(c2nc(=O)n(-c3c(C)ccnc3C(C)C)c3nc(-c4cncnc4C(C)C)c(Cl)cc23)C[C@H]1C. The Labute approximate surface area is 256 Å². The summed E-state index contributed by atoms with van der Waals surface area (Å²) in [6, 6.07) is 3.44. The Morgan fingerprint density at radius 3 is 2.47 bits per heavy atom. The lowest BCUT2D eigenvalue weighted by Crippen LogP contribution is -2.58. The molecule has 0 bridgehead atoms. The molecule has 1 fully saturated rings. The smallest absolute Gasteiger partial charge is 0.349 e. The van der Waals surface area contributed by atoms with Crippen LogP contribution in [0.1, 0.15) is 70.3 Å². The minimum atomic E-state index is -0.473. The van der Waals surface area contributed by atoms with E-state index in [1.807, 2.05) is 60.6 Å². The van der Waals surface area contributed by atoms with E-state index in [2.05, 4.69) is 31.4 Å². The average molecular weight is 601 g/mol. The van der Waals surface area contributed by atoms with Gasteiger partial charge >= 0.3 is 5.69 Å². The first-order valence-corrected chi connectivity index (χ1v) is 14.9. The zero-order chi connectivity index (χ0) is 31.2. The normalized spacial score (nSPS) is 17.3. The van der Waals surface area contributed by atoms with Crippen molar-refractivity contribution in [3.63, 3.8) is 0 Å². The summed E-state index contributed by atoms with van der Waals surface area (Å²) < 4.78 is 1.56. The molecule has 1 aliphatic rings. The molecule has 0 radical (unpaired) electrons. The molecule has 4 aromatic rings. The number of aromatic nitrogens is 6. The van der Waals surface area contributed by atoms with Crippen LogP contribution < -0.4 is 10.6 Å². The molecule has 2 atom stereocenters. The molecule has 43 heavy (non-hydrogen) atoms. The van der Waals surface area contributed by atoms with Gasteiger partial charge in [0.15, 0.2) is 5.65 Å². The van der Waals surface area contributed by atoms with E-state index in [1.165, 1.54) is 12.4 Å². The maximum Gasteiger partial charge on any atom is 0.355 e. The van der Waals surface area contributed by atoms with Crippen molar-refractivity contribution in [1.29, 1.82) is 0 Å². The van der Waals surface area contributed by atoms with Gasteiger partial charge in [-0.1, -0.05) is 45.9 Å². The molecule has 0 unspecified atom stereocenters. The van der Waals surface area contributed by atoms with Crippen LogP contribution in [0.3, 0.4) is 0 Å². The topological polar surface area (TPSA) is 110 Å². The van der Waals surface area contributed by atoms with Gasteiger partial charge in [0.1, 0.15) is 12.1 Å². The third kappa shape index (κ3) is 5.40. The van der Waals surface area contributed by atoms with Crippen LogP contribution in [-0.4, -0.2) is 65.5 Å². The van der Waals surface area contributed by atoms with Crippen molar-refractivity contribution in [2.75, 3.05) is 18.0 Å². The molecule has 10 nitrogen and oxygen atoms in total. The number of aryl methyl sites for hydroxylation is 1. The molecule has 1 aliphatic heterocycles. The lowest BCUT2D eigenvalue weighted by atomic mass is 10.0. The number of fused-ring (bicyclic) bond motifs is 1. The van der Waals surface area contributed by atoms with Crippen molar-refractivity contribution in [1.82, 2.24) is 34.4 Å². The van der Waals surface area contributed by atoms with Crippen molar-refractivity contribution >= 4 is 34.4 Å². The summed E-state index contributed by atoms with van der Waals surface area (Å²) in [6.07, 6.45) is 6.31. The first-order valence-electron chi connectivity index (χ1n) is 14.5. The third-order valence-corrected chi connectivity index (χ3v) is 8.28. The molecular formula is C32H37ClN8O2. The maximum atomic E-state index is 14.2. The summed E-state index contributed by atoms with van der Waals surface area (Å²) in [7, 11) is 0. The number of hydrogen-bond donors (Lipinski definition) is 0. The fourth-order valence-corrected chi connectivity index (χ4v) is 6.08. The van der Waals surface area contributed by atoms with Crippen molar-refractivity contribution in [2.24, 2.45) is 0 Å². The molecule has 0 aliphatic carbocycles. The minimum Gasteiger partial charge on any atom is -0.349 e. The second-order valence-electron chi connectivity index (χ2n) is 11.8. The largest absolute Gasteiger partial charge is 0.355 e. The maximum absolute atomic E-state index is 14.2. The number of rotatable bonds is 6. The quantitative estimate of drug-likeness (QED) is 0.269.